The van der Waals surface area contributed by atoms with Crippen molar-refractivity contribution in [3.05, 3.63) is 58.9 Å². The van der Waals surface area contributed by atoms with Gasteiger partial charge in [-0.1, -0.05) is 12.1 Å². The van der Waals surface area contributed by atoms with Gasteiger partial charge in [0.2, 0.25) is 0 Å². The van der Waals surface area contributed by atoms with Crippen LogP contribution in [0.5, 0.6) is 5.75 Å². The van der Waals surface area contributed by atoms with E-state index in [1.807, 2.05) is 37.3 Å². The number of fused-ring (bicyclic) bond motifs is 1. The fourth-order valence-corrected chi connectivity index (χ4v) is 4.75. The smallest absolute Gasteiger partial charge is 0.123 e. The molecule has 1 fully saturated rings. The van der Waals surface area contributed by atoms with Crippen molar-refractivity contribution < 1.29 is 14.2 Å². The fraction of sp³-hybridized carbons (Fsp3) is 0.435. The summed E-state index contributed by atoms with van der Waals surface area (Å²) in [5.41, 5.74) is 2.07. The number of hydrogen-bond donors (Lipinski definition) is 1. The van der Waals surface area contributed by atoms with Gasteiger partial charge >= 0.3 is 0 Å². The summed E-state index contributed by atoms with van der Waals surface area (Å²) in [5.74, 6) is 0.540. The first-order valence-corrected chi connectivity index (χ1v) is 11.2. The largest absolute Gasteiger partial charge is 0.491 e. The van der Waals surface area contributed by atoms with Gasteiger partial charge < -0.3 is 9.84 Å². The second-order valence-corrected chi connectivity index (χ2v) is 9.13. The van der Waals surface area contributed by atoms with E-state index in [0.29, 0.717) is 6.54 Å². The highest BCUT2D eigenvalue weighted by molar-refractivity contribution is 7.18. The Bertz CT molecular complexity index is 970. The number of halogens is 1. The lowest BCUT2D eigenvalue weighted by atomic mass is 10.1. The zero-order chi connectivity index (χ0) is 21.1. The van der Waals surface area contributed by atoms with Crippen molar-refractivity contribution in [2.24, 2.45) is 0 Å². The number of ether oxygens (including phenoxy) is 1. The van der Waals surface area contributed by atoms with Gasteiger partial charge in [-0.2, -0.15) is 0 Å². The van der Waals surface area contributed by atoms with E-state index in [1.54, 1.807) is 11.3 Å². The van der Waals surface area contributed by atoms with Crippen LogP contribution < -0.4 is 4.74 Å². The predicted molar refractivity (Wildman–Crippen MR) is 119 cm³/mol. The first-order chi connectivity index (χ1) is 14.5. The van der Waals surface area contributed by atoms with Crippen molar-refractivity contribution in [2.75, 3.05) is 39.3 Å². The van der Waals surface area contributed by atoms with Gasteiger partial charge in [0.25, 0.3) is 0 Å². The molecule has 2 atom stereocenters. The summed E-state index contributed by atoms with van der Waals surface area (Å²) in [7, 11) is 0. The van der Waals surface area contributed by atoms with Crippen molar-refractivity contribution in [1.82, 2.24) is 14.8 Å². The Kier molecular flexibility index (Phi) is 6.63. The maximum absolute atomic E-state index is 13.1. The molecule has 1 aromatic heterocycles. The van der Waals surface area contributed by atoms with Gasteiger partial charge in [-0.25, -0.2) is 9.37 Å². The van der Waals surface area contributed by atoms with Crippen molar-refractivity contribution in [1.29, 1.82) is 0 Å². The van der Waals surface area contributed by atoms with E-state index in [9.17, 15) is 9.50 Å². The van der Waals surface area contributed by atoms with Gasteiger partial charge in [-0.15, -0.1) is 11.3 Å². The quantitative estimate of drug-likeness (QED) is 0.618. The van der Waals surface area contributed by atoms with E-state index in [0.717, 1.165) is 52.7 Å². The molecule has 2 aromatic carbocycles. The number of aliphatic hydroxyl groups is 1. The highest BCUT2D eigenvalue weighted by Crippen LogP contribution is 2.26. The normalized spacial score (nSPS) is 17.9. The number of hydrogen-bond acceptors (Lipinski definition) is 6. The molecule has 1 aliphatic rings. The van der Waals surface area contributed by atoms with Crippen molar-refractivity contribution >= 4 is 21.6 Å². The Hall–Kier alpha value is -2.06. The van der Waals surface area contributed by atoms with E-state index in [1.165, 1.54) is 12.1 Å². The number of β-amino-alcohol motifs (C(OH)–C–C–N with tert-alkyl or cyclic N) is 1. The van der Waals surface area contributed by atoms with Crippen LogP contribution in [0.2, 0.25) is 0 Å². The molecule has 4 rings (SSSR count). The Balaban J connectivity index is 1.22. The van der Waals surface area contributed by atoms with Gasteiger partial charge in [-0.3, -0.25) is 9.80 Å². The molecule has 0 spiro atoms. The number of piperazine rings is 1. The van der Waals surface area contributed by atoms with Gasteiger partial charge in [0.05, 0.1) is 15.2 Å². The van der Waals surface area contributed by atoms with Gasteiger partial charge in [0, 0.05) is 44.8 Å². The summed E-state index contributed by atoms with van der Waals surface area (Å²) in [6.07, 6.45) is -0.543. The topological polar surface area (TPSA) is 48.8 Å². The molecular weight excluding hydrogens is 401 g/mol. The number of thiazole rings is 1. The van der Waals surface area contributed by atoms with Crippen LogP contribution in [0.3, 0.4) is 0 Å². The second-order valence-electron chi connectivity index (χ2n) is 7.89. The molecule has 0 amide bonds. The van der Waals surface area contributed by atoms with Crippen LogP contribution in [-0.4, -0.2) is 65.3 Å². The average Bonchev–Trinajstić information content (AvgIpc) is 3.12. The maximum atomic E-state index is 13.1. The summed E-state index contributed by atoms with van der Waals surface area (Å²) in [5, 5.41) is 11.5. The minimum atomic E-state index is -0.543. The summed E-state index contributed by atoms with van der Waals surface area (Å²) in [4.78, 5) is 9.16. The molecule has 2 heterocycles. The molecule has 0 bridgehead atoms. The summed E-state index contributed by atoms with van der Waals surface area (Å²) in [6, 6.07) is 12.9. The number of nitrogens with zero attached hydrogens (tertiary/aromatic N) is 3. The van der Waals surface area contributed by atoms with Crippen LogP contribution in [0.1, 0.15) is 23.5 Å². The van der Waals surface area contributed by atoms with Gasteiger partial charge in [-0.05, 0) is 43.7 Å². The molecule has 0 unspecified atom stereocenters. The third kappa shape index (κ3) is 5.16. The average molecular weight is 430 g/mol. The monoisotopic (exact) mass is 429 g/mol. The number of aromatic nitrogens is 1. The first kappa shape index (κ1) is 21.2. The Morgan fingerprint density at radius 3 is 2.60 bits per heavy atom. The summed E-state index contributed by atoms with van der Waals surface area (Å²) in [6.45, 7) is 8.65. The number of aryl methyl sites for hydroxylation is 1. The zero-order valence-corrected chi connectivity index (χ0v) is 18.2. The third-order valence-corrected chi connectivity index (χ3v) is 6.64. The molecule has 1 saturated heterocycles. The van der Waals surface area contributed by atoms with Gasteiger partial charge in [0.1, 0.15) is 24.3 Å². The Morgan fingerprint density at radius 1 is 1.13 bits per heavy atom. The SMILES string of the molecule is Cc1nc2cc(OC[C@H](O)CN3CCN([C@H](C)c4ccc(F)cc4)CC3)ccc2s1. The number of rotatable bonds is 7. The van der Waals surface area contributed by atoms with Crippen LogP contribution in [-0.2, 0) is 0 Å². The molecular formula is C23H28FN3O2S. The van der Waals surface area contributed by atoms with E-state index < -0.39 is 6.10 Å². The Morgan fingerprint density at radius 2 is 1.87 bits per heavy atom. The predicted octanol–water partition coefficient (Wildman–Crippen LogP) is 3.86. The molecule has 5 nitrogen and oxygen atoms in total. The van der Waals surface area contributed by atoms with Crippen molar-refractivity contribution in [3.63, 3.8) is 0 Å². The minimum Gasteiger partial charge on any atom is -0.491 e. The van der Waals surface area contributed by atoms with E-state index >= 15 is 0 Å². The van der Waals surface area contributed by atoms with E-state index in [2.05, 4.69) is 21.7 Å². The molecule has 30 heavy (non-hydrogen) atoms. The van der Waals surface area contributed by atoms with Crippen LogP contribution in [0.4, 0.5) is 4.39 Å². The summed E-state index contributed by atoms with van der Waals surface area (Å²) >= 11 is 1.67. The first-order valence-electron chi connectivity index (χ1n) is 10.4. The highest BCUT2D eigenvalue weighted by atomic mass is 32.1. The van der Waals surface area contributed by atoms with Gasteiger partial charge in [0.15, 0.2) is 0 Å². The Labute approximate surface area is 180 Å². The molecule has 1 aliphatic heterocycles. The molecule has 7 heteroatoms. The molecule has 3 aromatic rings. The lowest BCUT2D eigenvalue weighted by Gasteiger charge is -2.38. The second kappa shape index (κ2) is 9.39. The molecule has 1 N–H and O–H groups in total. The zero-order valence-electron chi connectivity index (χ0n) is 17.4. The molecule has 0 aliphatic carbocycles. The minimum absolute atomic E-state index is 0.200. The van der Waals surface area contributed by atoms with E-state index in [-0.39, 0.29) is 18.5 Å². The third-order valence-electron chi connectivity index (χ3n) is 5.68. The number of benzene rings is 2. The van der Waals surface area contributed by atoms with Crippen LogP contribution in [0, 0.1) is 12.7 Å². The van der Waals surface area contributed by atoms with E-state index in [4.69, 9.17) is 4.74 Å². The molecule has 0 saturated carbocycles. The lowest BCUT2D eigenvalue weighted by Crippen LogP contribution is -2.49. The lowest BCUT2D eigenvalue weighted by molar-refractivity contribution is 0.0381. The van der Waals surface area contributed by atoms with Crippen LogP contribution >= 0.6 is 11.3 Å². The fourth-order valence-electron chi connectivity index (χ4n) is 3.94. The summed E-state index contributed by atoms with van der Waals surface area (Å²) < 4.78 is 20.1. The van der Waals surface area contributed by atoms with Crippen LogP contribution in [0.15, 0.2) is 42.5 Å². The number of aliphatic hydroxyl groups excluding tert-OH is 1. The van der Waals surface area contributed by atoms with Crippen molar-refractivity contribution in [2.45, 2.75) is 26.0 Å². The maximum Gasteiger partial charge on any atom is 0.123 e. The van der Waals surface area contributed by atoms with Crippen LogP contribution in [0.25, 0.3) is 10.2 Å². The van der Waals surface area contributed by atoms with Crippen molar-refractivity contribution in [3.8, 4) is 5.75 Å². The molecule has 160 valence electrons. The standard InChI is InChI=1S/C23H28FN3O2S/c1-16(18-3-5-19(24)6-4-18)27-11-9-26(10-12-27)14-20(28)15-29-21-7-8-23-22(13-21)25-17(2)30-23/h3-8,13,16,20,28H,9-12,14-15H2,1-2H3/t16-,20-/m1/s1. The molecule has 0 radical (unpaired) electrons. The highest BCUT2D eigenvalue weighted by Gasteiger charge is 2.23.